The monoisotopic (exact) mass is 298 g/mol. The quantitative estimate of drug-likeness (QED) is 0.920. The third-order valence-electron chi connectivity index (χ3n) is 3.12. The zero-order valence-corrected chi connectivity index (χ0v) is 11.9. The smallest absolute Gasteiger partial charge is 0.355 e. The minimum absolute atomic E-state index is 0.449. The summed E-state index contributed by atoms with van der Waals surface area (Å²) in [6, 6.07) is 5.13. The summed E-state index contributed by atoms with van der Waals surface area (Å²) in [6.45, 7) is 5.37. The molecule has 0 spiro atoms. The molecule has 1 aromatic carbocycles. The Morgan fingerprint density at radius 2 is 1.76 bits per heavy atom. The molecule has 2 rings (SSSR count). The summed E-state index contributed by atoms with van der Waals surface area (Å²) >= 11 is 0. The van der Waals surface area contributed by atoms with Gasteiger partial charge in [-0.25, -0.2) is 0 Å². The second-order valence-corrected chi connectivity index (χ2v) is 4.59. The molecule has 114 valence electrons. The maximum Gasteiger partial charge on any atom is 0.416 e. The minimum atomic E-state index is -4.31. The van der Waals surface area contributed by atoms with Gasteiger partial charge >= 0.3 is 6.18 Å². The number of halogens is 3. The summed E-state index contributed by atoms with van der Waals surface area (Å²) < 4.78 is 39.5. The molecule has 0 aliphatic carbocycles. The van der Waals surface area contributed by atoms with Crippen molar-refractivity contribution in [1.82, 2.24) is 14.8 Å². The highest BCUT2D eigenvalue weighted by atomic mass is 19.4. The van der Waals surface area contributed by atoms with Crippen LogP contribution in [-0.2, 0) is 19.1 Å². The Balaban J connectivity index is 2.18. The molecular formula is C14H17F3N4. The van der Waals surface area contributed by atoms with Gasteiger partial charge in [0.15, 0.2) is 0 Å². The van der Waals surface area contributed by atoms with Crippen molar-refractivity contribution in [3.05, 3.63) is 41.2 Å². The lowest BCUT2D eigenvalue weighted by Gasteiger charge is -2.09. The Morgan fingerprint density at radius 1 is 1.10 bits per heavy atom. The van der Waals surface area contributed by atoms with Crippen molar-refractivity contribution in [2.75, 3.05) is 11.9 Å². The zero-order valence-electron chi connectivity index (χ0n) is 11.9. The van der Waals surface area contributed by atoms with Crippen LogP contribution in [0.1, 0.15) is 30.8 Å². The van der Waals surface area contributed by atoms with E-state index in [4.69, 9.17) is 0 Å². The van der Waals surface area contributed by atoms with Crippen LogP contribution >= 0.6 is 0 Å². The number of anilines is 1. The third-order valence-corrected chi connectivity index (χ3v) is 3.12. The van der Waals surface area contributed by atoms with Gasteiger partial charge in [-0.3, -0.25) is 4.57 Å². The molecule has 0 aliphatic rings. The fourth-order valence-electron chi connectivity index (χ4n) is 2.08. The van der Waals surface area contributed by atoms with E-state index >= 15 is 0 Å². The van der Waals surface area contributed by atoms with E-state index in [0.29, 0.717) is 18.9 Å². The first-order valence-corrected chi connectivity index (χ1v) is 6.77. The summed E-state index contributed by atoms with van der Waals surface area (Å²) in [4.78, 5) is 0. The second-order valence-electron chi connectivity index (χ2n) is 4.59. The Kier molecular flexibility index (Phi) is 4.50. The highest BCUT2D eigenvalue weighted by Crippen LogP contribution is 2.29. The first-order valence-electron chi connectivity index (χ1n) is 6.77. The maximum absolute atomic E-state index is 12.5. The molecule has 1 N–H and O–H groups in total. The van der Waals surface area contributed by atoms with Crippen LogP contribution in [0, 0.1) is 0 Å². The highest BCUT2D eigenvalue weighted by molar-refractivity contribution is 5.30. The summed E-state index contributed by atoms with van der Waals surface area (Å²) in [7, 11) is 0. The average Bonchev–Trinajstić information content (AvgIpc) is 2.81. The lowest BCUT2D eigenvalue weighted by molar-refractivity contribution is -0.137. The van der Waals surface area contributed by atoms with E-state index in [2.05, 4.69) is 15.5 Å². The van der Waals surface area contributed by atoms with Gasteiger partial charge in [-0.15, -0.1) is 10.2 Å². The molecule has 2 aromatic rings. The Morgan fingerprint density at radius 3 is 2.29 bits per heavy atom. The number of nitrogens with one attached hydrogen (secondary N) is 1. The largest absolute Gasteiger partial charge is 0.416 e. The molecule has 0 radical (unpaired) electrons. The molecule has 0 amide bonds. The molecule has 0 saturated carbocycles. The zero-order chi connectivity index (χ0) is 15.5. The topological polar surface area (TPSA) is 42.7 Å². The molecule has 4 nitrogen and oxygen atoms in total. The van der Waals surface area contributed by atoms with Gasteiger partial charge in [-0.1, -0.05) is 12.1 Å². The average molecular weight is 298 g/mol. The van der Waals surface area contributed by atoms with Crippen LogP contribution in [-0.4, -0.2) is 21.3 Å². The van der Waals surface area contributed by atoms with Crippen LogP contribution in [0.25, 0.3) is 0 Å². The molecule has 0 bridgehead atoms. The molecule has 0 saturated heterocycles. The lowest BCUT2D eigenvalue weighted by atomic mass is 10.1. The van der Waals surface area contributed by atoms with Gasteiger partial charge in [0.25, 0.3) is 0 Å². The minimum Gasteiger partial charge on any atom is -0.355 e. The second kappa shape index (κ2) is 6.15. The predicted molar refractivity (Wildman–Crippen MR) is 74.1 cm³/mol. The van der Waals surface area contributed by atoms with E-state index in [-0.39, 0.29) is 0 Å². The molecule has 7 heteroatoms. The van der Waals surface area contributed by atoms with Crippen molar-refractivity contribution in [3.63, 3.8) is 0 Å². The maximum atomic E-state index is 12.5. The van der Waals surface area contributed by atoms with E-state index in [1.54, 1.807) is 0 Å². The number of aromatic nitrogens is 3. The van der Waals surface area contributed by atoms with Crippen LogP contribution in [0.5, 0.6) is 0 Å². The van der Waals surface area contributed by atoms with Crippen molar-refractivity contribution >= 4 is 5.95 Å². The molecule has 0 aliphatic heterocycles. The number of rotatable bonds is 5. The fraction of sp³-hybridized carbons (Fsp3) is 0.429. The van der Waals surface area contributed by atoms with Gasteiger partial charge in [0.1, 0.15) is 5.82 Å². The lowest BCUT2D eigenvalue weighted by Crippen LogP contribution is -2.09. The third kappa shape index (κ3) is 3.53. The van der Waals surface area contributed by atoms with Gasteiger partial charge in [0.2, 0.25) is 5.95 Å². The SMILES string of the molecule is CCNc1nnc(Cc2ccc(C(F)(F)F)cc2)n1CC. The summed E-state index contributed by atoms with van der Waals surface area (Å²) in [5.74, 6) is 1.41. The number of benzene rings is 1. The number of hydrogen-bond acceptors (Lipinski definition) is 3. The summed E-state index contributed by atoms with van der Waals surface area (Å²) in [6.07, 6.45) is -3.86. The first-order chi connectivity index (χ1) is 9.95. The fourth-order valence-corrected chi connectivity index (χ4v) is 2.08. The van der Waals surface area contributed by atoms with Crippen molar-refractivity contribution < 1.29 is 13.2 Å². The first kappa shape index (κ1) is 15.3. The standard InChI is InChI=1S/C14H17F3N4/c1-3-18-13-20-19-12(21(13)4-2)9-10-5-7-11(8-6-10)14(15,16)17/h5-8H,3-4,9H2,1-2H3,(H,18,20). The van der Waals surface area contributed by atoms with E-state index in [9.17, 15) is 13.2 Å². The van der Waals surface area contributed by atoms with Crippen molar-refractivity contribution in [3.8, 4) is 0 Å². The molecular weight excluding hydrogens is 281 g/mol. The molecule has 21 heavy (non-hydrogen) atoms. The van der Waals surface area contributed by atoms with Crippen LogP contribution in [0.4, 0.5) is 19.1 Å². The highest BCUT2D eigenvalue weighted by Gasteiger charge is 2.29. The van der Waals surface area contributed by atoms with Crippen molar-refractivity contribution in [2.45, 2.75) is 33.0 Å². The number of nitrogens with zero attached hydrogens (tertiary/aromatic N) is 3. The van der Waals surface area contributed by atoms with Gasteiger partial charge in [0.05, 0.1) is 5.56 Å². The molecule has 1 aromatic heterocycles. The van der Waals surface area contributed by atoms with Gasteiger partial charge in [-0.05, 0) is 31.5 Å². The van der Waals surface area contributed by atoms with E-state index in [1.165, 1.54) is 12.1 Å². The molecule has 0 unspecified atom stereocenters. The van der Waals surface area contributed by atoms with Crippen molar-refractivity contribution in [2.24, 2.45) is 0 Å². The van der Waals surface area contributed by atoms with E-state index in [1.807, 2.05) is 18.4 Å². The Labute approximate surface area is 121 Å². The Hall–Kier alpha value is -2.05. The predicted octanol–water partition coefficient (Wildman–Crippen LogP) is 3.34. The van der Waals surface area contributed by atoms with Crippen LogP contribution < -0.4 is 5.32 Å². The molecule has 1 heterocycles. The van der Waals surface area contributed by atoms with E-state index in [0.717, 1.165) is 30.1 Å². The molecule has 0 fully saturated rings. The normalized spacial score (nSPS) is 11.7. The number of alkyl halides is 3. The summed E-state index contributed by atoms with van der Waals surface area (Å²) in [5, 5.41) is 11.3. The summed E-state index contributed by atoms with van der Waals surface area (Å²) in [5.41, 5.74) is 0.129. The van der Waals surface area contributed by atoms with Crippen LogP contribution in [0.3, 0.4) is 0 Å². The van der Waals surface area contributed by atoms with Gasteiger partial charge in [-0.2, -0.15) is 13.2 Å². The van der Waals surface area contributed by atoms with Crippen LogP contribution in [0.15, 0.2) is 24.3 Å². The van der Waals surface area contributed by atoms with Crippen LogP contribution in [0.2, 0.25) is 0 Å². The van der Waals surface area contributed by atoms with E-state index < -0.39 is 11.7 Å². The van der Waals surface area contributed by atoms with Gasteiger partial charge in [0, 0.05) is 19.5 Å². The van der Waals surface area contributed by atoms with Gasteiger partial charge < -0.3 is 5.32 Å². The Bertz CT molecular complexity index is 587. The number of hydrogen-bond donors (Lipinski definition) is 1. The molecule has 0 atom stereocenters. The van der Waals surface area contributed by atoms with Crippen molar-refractivity contribution in [1.29, 1.82) is 0 Å².